The van der Waals surface area contributed by atoms with Crippen LogP contribution in [0.25, 0.3) is 0 Å². The Labute approximate surface area is 341 Å². The Morgan fingerprint density at radius 2 is 1.58 bits per heavy atom. The number of methoxy groups -OCH3 is 2. The van der Waals surface area contributed by atoms with Crippen LogP contribution in [0.3, 0.4) is 0 Å². The lowest BCUT2D eigenvalue weighted by molar-refractivity contribution is -0.605. The minimum Gasteiger partial charge on any atom is -0.619 e. The van der Waals surface area contributed by atoms with Crippen LogP contribution < -0.4 is 23.8 Å². The van der Waals surface area contributed by atoms with Gasteiger partial charge in [-0.05, 0) is 97.1 Å². The molecule has 3 aliphatic rings. The standard InChI is InChI=1S/C44H43Cl2N3O8/c1-53-39-15-14-32(22-41(39)54-2)40(23-36-37(45)25-48(52)26-38(36)46)56-43(50)33-10-6-9-30(20-33)28-55-35-13-7-8-29(21-35)24-49(34-11-4-3-5-12-34)44(51)57-42-27-47-18-16-31(42)17-19-47/h3-15,20-22,25-26,31,40,42H,16-19,23-24,27-28H2,1-2H3/t40?,42-/m0/s1. The van der Waals surface area contributed by atoms with E-state index in [9.17, 15) is 14.8 Å². The molecule has 13 heteroatoms. The molecule has 5 aromatic rings. The lowest BCUT2D eigenvalue weighted by atomic mass is 9.86. The number of aromatic nitrogens is 1. The van der Waals surface area contributed by atoms with Crippen LogP contribution in [0.5, 0.6) is 17.2 Å². The van der Waals surface area contributed by atoms with Gasteiger partial charge in [0.25, 0.3) is 0 Å². The molecule has 3 saturated heterocycles. The molecule has 0 saturated carbocycles. The van der Waals surface area contributed by atoms with Crippen LogP contribution in [0.2, 0.25) is 10.0 Å². The largest absolute Gasteiger partial charge is 0.619 e. The lowest BCUT2D eigenvalue weighted by Crippen LogP contribution is -2.53. The zero-order valence-electron chi connectivity index (χ0n) is 31.6. The number of halogens is 2. The molecule has 0 radical (unpaired) electrons. The number of hydrogen-bond donors (Lipinski definition) is 0. The molecule has 3 aliphatic heterocycles. The van der Waals surface area contributed by atoms with Crippen molar-refractivity contribution in [2.75, 3.05) is 38.8 Å². The quantitative estimate of drug-likeness (QED) is 0.0618. The second kappa shape index (κ2) is 18.2. The maximum Gasteiger partial charge on any atom is 0.414 e. The van der Waals surface area contributed by atoms with Crippen LogP contribution in [0.1, 0.15) is 51.6 Å². The number of pyridine rings is 1. The molecule has 57 heavy (non-hydrogen) atoms. The number of piperidine rings is 3. The average molecular weight is 813 g/mol. The summed E-state index contributed by atoms with van der Waals surface area (Å²) < 4.78 is 29.9. The van der Waals surface area contributed by atoms with E-state index in [-0.39, 0.29) is 35.3 Å². The maximum absolute atomic E-state index is 13.7. The number of hydrogen-bond acceptors (Lipinski definition) is 9. The van der Waals surface area contributed by atoms with E-state index < -0.39 is 12.1 Å². The first-order valence-corrected chi connectivity index (χ1v) is 19.5. The highest BCUT2D eigenvalue weighted by Crippen LogP contribution is 2.36. The van der Waals surface area contributed by atoms with Crippen molar-refractivity contribution in [3.05, 3.63) is 153 Å². The highest BCUT2D eigenvalue weighted by Gasteiger charge is 2.37. The Hall–Kier alpha value is -5.49. The Morgan fingerprint density at radius 3 is 2.28 bits per heavy atom. The topological polar surface area (TPSA) is 114 Å². The molecule has 1 amide bonds. The SMILES string of the molecule is COc1ccc(C(Cc2c(Cl)c[n+]([O-])cc2Cl)OC(=O)c2cccc(COc3cccc(CN(C(=O)O[C@H]4CN5CCC4CC5)c4ccccc4)c3)c2)cc1OC. The van der Waals surface area contributed by atoms with Gasteiger partial charge in [-0.25, -0.2) is 9.59 Å². The molecule has 0 N–H and O–H groups in total. The number of anilines is 1. The van der Waals surface area contributed by atoms with Crippen molar-refractivity contribution < 1.29 is 38.0 Å². The van der Waals surface area contributed by atoms with E-state index in [2.05, 4.69) is 4.90 Å². The number of ether oxygens (including phenoxy) is 5. The number of carbonyl (C=O) groups is 2. The summed E-state index contributed by atoms with van der Waals surface area (Å²) in [4.78, 5) is 31.5. The highest BCUT2D eigenvalue weighted by atomic mass is 35.5. The van der Waals surface area contributed by atoms with E-state index >= 15 is 0 Å². The van der Waals surface area contributed by atoms with Crippen molar-refractivity contribution in [2.45, 2.75) is 44.6 Å². The van der Waals surface area contributed by atoms with Crippen LogP contribution >= 0.6 is 23.2 Å². The van der Waals surface area contributed by atoms with Gasteiger partial charge in [-0.15, -0.1) is 0 Å². The van der Waals surface area contributed by atoms with Gasteiger partial charge in [0.1, 0.15) is 34.6 Å². The molecule has 8 rings (SSSR count). The number of benzene rings is 4. The fourth-order valence-corrected chi connectivity index (χ4v) is 7.97. The van der Waals surface area contributed by atoms with Crippen LogP contribution in [-0.2, 0) is 29.0 Å². The Kier molecular flexibility index (Phi) is 12.7. The van der Waals surface area contributed by atoms with Crippen LogP contribution in [-0.4, -0.2) is 56.9 Å². The second-order valence-corrected chi connectivity index (χ2v) is 14.9. The molecule has 0 aliphatic carbocycles. The van der Waals surface area contributed by atoms with Gasteiger partial charge in [-0.2, -0.15) is 4.73 Å². The minimum atomic E-state index is -0.860. The van der Waals surface area contributed by atoms with Gasteiger partial charge in [0.05, 0.1) is 26.3 Å². The molecule has 2 bridgehead atoms. The van der Waals surface area contributed by atoms with Crippen LogP contribution in [0.15, 0.2) is 109 Å². The van der Waals surface area contributed by atoms with Crippen molar-refractivity contribution in [1.29, 1.82) is 0 Å². The number of esters is 1. The zero-order chi connectivity index (χ0) is 39.9. The van der Waals surface area contributed by atoms with Crippen molar-refractivity contribution in [3.8, 4) is 17.2 Å². The van der Waals surface area contributed by atoms with E-state index in [1.165, 1.54) is 26.6 Å². The molecule has 296 valence electrons. The first-order chi connectivity index (χ1) is 27.7. The normalized spacial score (nSPS) is 17.6. The number of rotatable bonds is 14. The molecular formula is C44H43Cl2N3O8. The van der Waals surface area contributed by atoms with Gasteiger partial charge >= 0.3 is 12.1 Å². The van der Waals surface area contributed by atoms with E-state index in [1.54, 1.807) is 41.3 Å². The van der Waals surface area contributed by atoms with Gasteiger partial charge in [-0.1, -0.05) is 71.7 Å². The van der Waals surface area contributed by atoms with Crippen LogP contribution in [0, 0.1) is 11.1 Å². The summed E-state index contributed by atoms with van der Waals surface area (Å²) in [5.41, 5.74) is 3.70. The molecule has 2 atom stereocenters. The van der Waals surface area contributed by atoms with Gasteiger partial charge in [-0.3, -0.25) is 9.80 Å². The summed E-state index contributed by atoms with van der Waals surface area (Å²) >= 11 is 12.9. The monoisotopic (exact) mass is 811 g/mol. The molecule has 0 spiro atoms. The number of fused-ring (bicyclic) bond motifs is 3. The minimum absolute atomic E-state index is 0.0813. The molecule has 3 fully saturated rings. The third kappa shape index (κ3) is 9.73. The van der Waals surface area contributed by atoms with E-state index in [4.69, 9.17) is 46.9 Å². The lowest BCUT2D eigenvalue weighted by Gasteiger charge is -2.44. The van der Waals surface area contributed by atoms with Crippen LogP contribution in [0.4, 0.5) is 10.5 Å². The zero-order valence-corrected chi connectivity index (χ0v) is 33.2. The maximum atomic E-state index is 13.7. The van der Waals surface area contributed by atoms with Crippen molar-refractivity contribution in [2.24, 2.45) is 5.92 Å². The predicted molar refractivity (Wildman–Crippen MR) is 216 cm³/mol. The van der Waals surface area contributed by atoms with Gasteiger partial charge in [0.15, 0.2) is 23.9 Å². The fraction of sp³-hybridized carbons (Fsp3) is 0.295. The van der Waals surface area contributed by atoms with Gasteiger partial charge in [0, 0.05) is 24.2 Å². The third-order valence-electron chi connectivity index (χ3n) is 10.4. The van der Waals surface area contributed by atoms with Crippen molar-refractivity contribution in [1.82, 2.24) is 4.90 Å². The van der Waals surface area contributed by atoms with Gasteiger partial charge in [0.2, 0.25) is 0 Å². The summed E-state index contributed by atoms with van der Waals surface area (Å²) in [7, 11) is 3.04. The summed E-state index contributed by atoms with van der Waals surface area (Å²) in [6, 6.07) is 29.3. The number of para-hydroxylation sites is 1. The summed E-state index contributed by atoms with van der Waals surface area (Å²) in [6.45, 7) is 3.36. The fourth-order valence-electron chi connectivity index (χ4n) is 7.37. The van der Waals surface area contributed by atoms with Crippen molar-refractivity contribution >= 4 is 41.0 Å². The smallest absolute Gasteiger partial charge is 0.414 e. The Morgan fingerprint density at radius 1 is 0.860 bits per heavy atom. The van der Waals surface area contributed by atoms with E-state index in [1.807, 2.05) is 60.7 Å². The molecule has 1 unspecified atom stereocenters. The molecule has 11 nitrogen and oxygen atoms in total. The highest BCUT2D eigenvalue weighted by molar-refractivity contribution is 6.35. The van der Waals surface area contributed by atoms with Crippen molar-refractivity contribution in [3.63, 3.8) is 0 Å². The number of carbonyl (C=O) groups excluding carboxylic acids is 2. The Bertz CT molecular complexity index is 2180. The first-order valence-electron chi connectivity index (χ1n) is 18.7. The van der Waals surface area contributed by atoms with E-state index in [0.717, 1.165) is 49.3 Å². The van der Waals surface area contributed by atoms with Gasteiger partial charge < -0.3 is 28.9 Å². The number of nitrogens with zero attached hydrogens (tertiary/aromatic N) is 3. The summed E-state index contributed by atoms with van der Waals surface area (Å²) in [5.74, 6) is 1.35. The summed E-state index contributed by atoms with van der Waals surface area (Å²) in [6.07, 6.45) is 3.24. The molecule has 4 aromatic carbocycles. The third-order valence-corrected chi connectivity index (χ3v) is 11.1. The molecular weight excluding hydrogens is 769 g/mol. The summed E-state index contributed by atoms with van der Waals surface area (Å²) in [5, 5.41) is 12.2. The average Bonchev–Trinajstić information content (AvgIpc) is 3.23. The Balaban J connectivity index is 1.04. The number of amides is 1. The van der Waals surface area contributed by atoms with E-state index in [0.29, 0.717) is 51.1 Å². The second-order valence-electron chi connectivity index (χ2n) is 14.1. The molecule has 1 aromatic heterocycles. The first kappa shape index (κ1) is 39.7. The molecule has 4 heterocycles. The predicted octanol–water partition coefficient (Wildman–Crippen LogP) is 8.60.